The summed E-state index contributed by atoms with van der Waals surface area (Å²) in [5.41, 5.74) is 11.9. The van der Waals surface area contributed by atoms with E-state index in [0.717, 1.165) is 31.7 Å². The molecule has 5 nitrogen and oxygen atoms in total. The van der Waals surface area contributed by atoms with Crippen molar-refractivity contribution in [2.45, 2.75) is 45.2 Å². The molecule has 2 unspecified atom stereocenters. The van der Waals surface area contributed by atoms with E-state index in [-0.39, 0.29) is 5.78 Å². The summed E-state index contributed by atoms with van der Waals surface area (Å²) >= 11 is 0. The lowest BCUT2D eigenvalue weighted by molar-refractivity contribution is 0.101. The van der Waals surface area contributed by atoms with Crippen LogP contribution in [-0.4, -0.2) is 40.9 Å². The highest BCUT2D eigenvalue weighted by molar-refractivity contribution is 5.94. The van der Waals surface area contributed by atoms with Crippen LogP contribution in [0.1, 0.15) is 52.9 Å². The minimum absolute atomic E-state index is 0.141. The molecule has 0 saturated carbocycles. The van der Waals surface area contributed by atoms with Gasteiger partial charge in [-0.2, -0.15) is 0 Å². The Bertz CT molecular complexity index is 835. The van der Waals surface area contributed by atoms with E-state index in [1.54, 1.807) is 6.92 Å². The van der Waals surface area contributed by atoms with Crippen molar-refractivity contribution in [1.82, 2.24) is 20.3 Å². The van der Waals surface area contributed by atoms with Gasteiger partial charge >= 0.3 is 0 Å². The van der Waals surface area contributed by atoms with Crippen molar-refractivity contribution in [1.29, 1.82) is 0 Å². The molecule has 0 spiro atoms. The molecule has 2 atom stereocenters. The maximum Gasteiger partial charge on any atom is 0.161 e. The largest absolute Gasteiger partial charge is 0.353 e. The van der Waals surface area contributed by atoms with Crippen molar-refractivity contribution >= 4 is 5.78 Å². The first kappa shape index (κ1) is 19.4. The number of hydrogen-bond donors (Lipinski definition) is 2. The second-order valence-electron chi connectivity index (χ2n) is 8.51. The van der Waals surface area contributed by atoms with Gasteiger partial charge in [0.25, 0.3) is 0 Å². The third kappa shape index (κ3) is 3.93. The second kappa shape index (κ2) is 8.19. The normalized spacial score (nSPS) is 24.0. The van der Waals surface area contributed by atoms with Gasteiger partial charge in [0.2, 0.25) is 0 Å². The van der Waals surface area contributed by atoms with Crippen LogP contribution in [0.4, 0.5) is 0 Å². The van der Waals surface area contributed by atoms with Gasteiger partial charge in [0.05, 0.1) is 0 Å². The summed E-state index contributed by atoms with van der Waals surface area (Å²) in [6, 6.07) is 11.4. The maximum atomic E-state index is 11.6. The van der Waals surface area contributed by atoms with Gasteiger partial charge in [0.1, 0.15) is 0 Å². The molecule has 0 aliphatic carbocycles. The van der Waals surface area contributed by atoms with Crippen LogP contribution in [0.15, 0.2) is 36.5 Å². The van der Waals surface area contributed by atoms with E-state index in [1.807, 2.05) is 19.3 Å². The van der Waals surface area contributed by atoms with E-state index >= 15 is 0 Å². The molecule has 0 bridgehead atoms. The summed E-state index contributed by atoms with van der Waals surface area (Å²) in [4.78, 5) is 14.2. The summed E-state index contributed by atoms with van der Waals surface area (Å²) < 4.78 is 2.10. The lowest BCUT2D eigenvalue weighted by Crippen LogP contribution is -2.44. The molecule has 2 aromatic rings. The minimum atomic E-state index is 0.141. The standard InChI is InChI=1S/C23H32N4O/c1-16-6-4-5-7-21(16)22-13-24-25-23(22)18-8-10-27(11-9-18)15-20-12-19(17(2)28)14-26(20)3/h4-7,12,14,18,22-25H,8-11,13,15H2,1-3H3. The molecule has 2 fully saturated rings. The quantitative estimate of drug-likeness (QED) is 0.783. The third-order valence-electron chi connectivity index (χ3n) is 6.65. The fourth-order valence-electron chi connectivity index (χ4n) is 4.93. The molecule has 150 valence electrons. The van der Waals surface area contributed by atoms with Gasteiger partial charge < -0.3 is 4.57 Å². The molecule has 2 aliphatic heterocycles. The molecule has 4 rings (SSSR count). The summed E-state index contributed by atoms with van der Waals surface area (Å²) in [6.07, 6.45) is 4.38. The molecular formula is C23H32N4O. The number of hydrogen-bond acceptors (Lipinski definition) is 4. The Labute approximate surface area is 168 Å². The number of ketones is 1. The zero-order valence-electron chi connectivity index (χ0n) is 17.2. The van der Waals surface area contributed by atoms with Crippen LogP contribution in [0.2, 0.25) is 0 Å². The number of Topliss-reactive ketones (excluding diaryl/α,β-unsaturated/α-hetero) is 1. The van der Waals surface area contributed by atoms with Gasteiger partial charge in [-0.1, -0.05) is 24.3 Å². The van der Waals surface area contributed by atoms with Crippen LogP contribution < -0.4 is 10.9 Å². The maximum absolute atomic E-state index is 11.6. The molecule has 3 heterocycles. The molecule has 1 aromatic heterocycles. The van der Waals surface area contributed by atoms with Crippen LogP contribution >= 0.6 is 0 Å². The second-order valence-corrected chi connectivity index (χ2v) is 8.51. The number of benzene rings is 1. The van der Waals surface area contributed by atoms with Gasteiger partial charge in [-0.15, -0.1) is 0 Å². The fraction of sp³-hybridized carbons (Fsp3) is 0.522. The molecule has 28 heavy (non-hydrogen) atoms. The van der Waals surface area contributed by atoms with E-state index in [0.29, 0.717) is 17.9 Å². The van der Waals surface area contributed by atoms with Gasteiger partial charge in [-0.3, -0.25) is 20.5 Å². The van der Waals surface area contributed by atoms with Crippen LogP contribution in [0, 0.1) is 12.8 Å². The molecule has 5 heteroatoms. The average Bonchev–Trinajstić information content (AvgIpc) is 3.30. The van der Waals surface area contributed by atoms with Gasteiger partial charge in [0, 0.05) is 49.6 Å². The summed E-state index contributed by atoms with van der Waals surface area (Å²) in [5.74, 6) is 1.38. The summed E-state index contributed by atoms with van der Waals surface area (Å²) in [5, 5.41) is 0. The Balaban J connectivity index is 1.37. The number of aromatic nitrogens is 1. The Morgan fingerprint density at radius 1 is 1.21 bits per heavy atom. The van der Waals surface area contributed by atoms with Crippen LogP contribution in [0.25, 0.3) is 0 Å². The molecule has 0 radical (unpaired) electrons. The SMILES string of the molecule is CC(=O)c1cc(CN2CCC(C3NNCC3c3ccccc3C)CC2)n(C)c1. The Morgan fingerprint density at radius 3 is 2.64 bits per heavy atom. The van der Waals surface area contributed by atoms with E-state index in [4.69, 9.17) is 0 Å². The smallest absolute Gasteiger partial charge is 0.161 e. The first-order chi connectivity index (χ1) is 13.5. The third-order valence-corrected chi connectivity index (χ3v) is 6.65. The van der Waals surface area contributed by atoms with Crippen LogP contribution in [0.5, 0.6) is 0 Å². The average molecular weight is 381 g/mol. The zero-order chi connectivity index (χ0) is 19.7. The van der Waals surface area contributed by atoms with Crippen molar-refractivity contribution in [3.63, 3.8) is 0 Å². The highest BCUT2D eigenvalue weighted by Gasteiger charge is 2.36. The molecule has 2 N–H and O–H groups in total. The van der Waals surface area contributed by atoms with E-state index < -0.39 is 0 Å². The minimum Gasteiger partial charge on any atom is -0.353 e. The highest BCUT2D eigenvalue weighted by atomic mass is 16.1. The first-order valence-electron chi connectivity index (χ1n) is 10.5. The van der Waals surface area contributed by atoms with Gasteiger partial charge in [0.15, 0.2) is 5.78 Å². The molecule has 2 aliphatic rings. The lowest BCUT2D eigenvalue weighted by Gasteiger charge is -2.36. The van der Waals surface area contributed by atoms with Gasteiger partial charge in [-0.05, 0) is 62.9 Å². The topological polar surface area (TPSA) is 49.3 Å². The van der Waals surface area contributed by atoms with E-state index in [2.05, 4.69) is 51.5 Å². The summed E-state index contributed by atoms with van der Waals surface area (Å²) in [7, 11) is 2.04. The molecule has 1 aromatic carbocycles. The first-order valence-corrected chi connectivity index (χ1v) is 10.5. The number of nitrogens with one attached hydrogen (secondary N) is 2. The monoisotopic (exact) mass is 380 g/mol. The van der Waals surface area contributed by atoms with E-state index in [1.165, 1.54) is 29.7 Å². The number of likely N-dealkylation sites (tertiary alicyclic amines) is 1. The zero-order valence-corrected chi connectivity index (χ0v) is 17.2. The Morgan fingerprint density at radius 2 is 1.96 bits per heavy atom. The van der Waals surface area contributed by atoms with Crippen LogP contribution in [0.3, 0.4) is 0 Å². The predicted molar refractivity (Wildman–Crippen MR) is 112 cm³/mol. The van der Waals surface area contributed by atoms with Crippen molar-refractivity contribution < 1.29 is 4.79 Å². The highest BCUT2D eigenvalue weighted by Crippen LogP contribution is 2.33. The number of aryl methyl sites for hydroxylation is 2. The molecule has 0 amide bonds. The fourth-order valence-corrected chi connectivity index (χ4v) is 4.93. The number of nitrogens with zero attached hydrogens (tertiary/aromatic N) is 2. The molecule has 2 saturated heterocycles. The number of piperidine rings is 1. The van der Waals surface area contributed by atoms with Gasteiger partial charge in [-0.25, -0.2) is 0 Å². The number of carbonyl (C=O) groups excluding carboxylic acids is 1. The Kier molecular flexibility index (Phi) is 5.67. The summed E-state index contributed by atoms with van der Waals surface area (Å²) in [6.45, 7) is 8.02. The van der Waals surface area contributed by atoms with Crippen molar-refractivity contribution in [3.05, 3.63) is 58.9 Å². The van der Waals surface area contributed by atoms with Crippen molar-refractivity contribution in [2.24, 2.45) is 13.0 Å². The number of carbonyl (C=O) groups is 1. The number of rotatable bonds is 5. The van der Waals surface area contributed by atoms with Crippen molar-refractivity contribution in [3.8, 4) is 0 Å². The predicted octanol–water partition coefficient (Wildman–Crippen LogP) is 3.01. The number of hydrazine groups is 1. The lowest BCUT2D eigenvalue weighted by atomic mass is 9.79. The van der Waals surface area contributed by atoms with Crippen molar-refractivity contribution in [2.75, 3.05) is 19.6 Å². The van der Waals surface area contributed by atoms with Crippen LogP contribution in [-0.2, 0) is 13.6 Å². The molecular weight excluding hydrogens is 348 g/mol. The van der Waals surface area contributed by atoms with E-state index in [9.17, 15) is 4.79 Å². The Hall–Kier alpha value is -1.95.